The van der Waals surface area contributed by atoms with Crippen molar-refractivity contribution in [3.8, 4) is 0 Å². The fourth-order valence-electron chi connectivity index (χ4n) is 11.0. The molecule has 2 saturated heterocycles. The molecule has 20 nitrogen and oxygen atoms in total. The van der Waals surface area contributed by atoms with Gasteiger partial charge in [-0.05, 0) is 101 Å². The fraction of sp³-hybridized carbons (Fsp3) is 0.776. The predicted octanol–water partition coefficient (Wildman–Crippen LogP) is 5.08. The van der Waals surface area contributed by atoms with E-state index in [0.29, 0.717) is 96.2 Å². The van der Waals surface area contributed by atoms with E-state index in [0.717, 1.165) is 10.5 Å². The molecule has 78 heavy (non-hydrogen) atoms. The van der Waals surface area contributed by atoms with Gasteiger partial charge in [0.2, 0.25) is 5.79 Å². The van der Waals surface area contributed by atoms with Gasteiger partial charge in [0.1, 0.15) is 30.5 Å². The number of carbonyl (C=O) groups excluding carboxylic acids is 5. The molecule has 3 heterocycles. The standard InChI is InChI=1S/C58H95N3O17/c1-36-16-12-11-13-17-37(2)48(71-8)34-43-21-19-41(6)58(69,78-43)54(65)55(66)61-24-15-14-18-45(61)56(67)76-49(35-46(62)38(3)31-40(5)52(64)53(73-10)51(63)39(4)30-36)44(59)32-42-20-22-47(50(33-42)72-9)77-57(68)60-23-25-74-28-29-75-27-26-70-7/h11-13,16-17,31,36,38-39,41-50,52-53,62,64,69H,14-15,18-30,32-35,59H2,1-10H3,(H,60,68)/b13-11+,16-12+,37-17+,40-31+/t36-,38-,39-,41-,42+,43+,44-,45+,46-,47-,48+,49+,50-,52-,53+,58-/m1/s1. The Morgan fingerprint density at radius 1 is 0.821 bits per heavy atom. The van der Waals surface area contributed by atoms with Gasteiger partial charge in [-0.25, -0.2) is 9.59 Å². The number of amides is 2. The molecule has 16 atom stereocenters. The van der Waals surface area contributed by atoms with Gasteiger partial charge in [0, 0.05) is 78.2 Å². The molecule has 6 N–H and O–H groups in total. The van der Waals surface area contributed by atoms with Crippen LogP contribution in [0, 0.1) is 29.6 Å². The van der Waals surface area contributed by atoms with Crippen molar-refractivity contribution >= 4 is 29.5 Å². The molecule has 1 aliphatic carbocycles. The maximum Gasteiger partial charge on any atom is 0.407 e. The Balaban J connectivity index is 1.60. The van der Waals surface area contributed by atoms with Crippen LogP contribution in [0.5, 0.6) is 0 Å². The first-order valence-corrected chi connectivity index (χ1v) is 28.2. The SMILES string of the molecule is COCCOCCOCCNC(=O)O[C@@H]1CC[C@@H](C[C@@H](N)[C@@H]2C[C@@H](O)[C@H](C)/C=C(\C)[C@@H](O)[C@@H](OC)C(=O)[C@H](C)C[C@H](C)/C=C/C=C/C=C(\C)[C@@H](OC)C[C@@H]3CC[C@@H](C)[C@@](O)(O3)C(=O)C(=O)N3CCCC[C@H]3C(=O)O2)C[C@H]1OC. The highest BCUT2D eigenvalue weighted by atomic mass is 16.6. The van der Waals surface area contributed by atoms with Crippen molar-refractivity contribution in [1.82, 2.24) is 10.2 Å². The number of aliphatic hydroxyl groups excluding tert-OH is 2. The molecule has 3 aliphatic heterocycles. The van der Waals surface area contributed by atoms with Gasteiger partial charge in [-0.3, -0.25) is 14.4 Å². The van der Waals surface area contributed by atoms with Gasteiger partial charge in [0.05, 0.1) is 57.5 Å². The number of ketones is 2. The molecule has 0 spiro atoms. The molecular weight excluding hydrogens is 1010 g/mol. The number of methoxy groups -OCH3 is 4. The molecule has 4 rings (SSSR count). The molecule has 3 fully saturated rings. The highest BCUT2D eigenvalue weighted by molar-refractivity contribution is 6.39. The van der Waals surface area contributed by atoms with E-state index >= 15 is 0 Å². The third-order valence-corrected chi connectivity index (χ3v) is 16.0. The van der Waals surface area contributed by atoms with Crippen LogP contribution in [-0.2, 0) is 61.8 Å². The van der Waals surface area contributed by atoms with Crippen LogP contribution in [0.15, 0.2) is 47.6 Å². The molecule has 444 valence electrons. The van der Waals surface area contributed by atoms with Gasteiger partial charge in [-0.15, -0.1) is 0 Å². The number of piperidine rings is 1. The molecular formula is C58H95N3O17. The summed E-state index contributed by atoms with van der Waals surface area (Å²) in [5, 5.41) is 38.2. The largest absolute Gasteiger partial charge is 0.459 e. The van der Waals surface area contributed by atoms with Crippen molar-refractivity contribution in [1.29, 1.82) is 0 Å². The number of nitrogens with two attached hydrogens (primary N) is 1. The summed E-state index contributed by atoms with van der Waals surface area (Å²) < 4.78 is 51.4. The number of rotatable bonds is 16. The topological polar surface area (TPSA) is 270 Å². The van der Waals surface area contributed by atoms with Crippen LogP contribution in [0.4, 0.5) is 4.79 Å². The summed E-state index contributed by atoms with van der Waals surface area (Å²) in [4.78, 5) is 71.1. The van der Waals surface area contributed by atoms with Crippen LogP contribution in [0.3, 0.4) is 0 Å². The number of hydrogen-bond donors (Lipinski definition) is 5. The van der Waals surface area contributed by atoms with E-state index in [-0.39, 0.29) is 50.2 Å². The maximum absolute atomic E-state index is 14.6. The molecule has 0 aromatic heterocycles. The lowest BCUT2D eigenvalue weighted by Gasteiger charge is -2.42. The van der Waals surface area contributed by atoms with E-state index in [1.165, 1.54) is 14.2 Å². The van der Waals surface area contributed by atoms with E-state index < -0.39 is 108 Å². The Morgan fingerprint density at radius 2 is 1.54 bits per heavy atom. The third-order valence-electron chi connectivity index (χ3n) is 16.0. The molecule has 2 bridgehead atoms. The zero-order chi connectivity index (χ0) is 57.5. The van der Waals surface area contributed by atoms with Crippen LogP contribution < -0.4 is 11.1 Å². The number of nitrogens with zero attached hydrogens (tertiary/aromatic N) is 1. The van der Waals surface area contributed by atoms with Crippen LogP contribution in [0.25, 0.3) is 0 Å². The van der Waals surface area contributed by atoms with E-state index in [4.69, 9.17) is 48.4 Å². The van der Waals surface area contributed by atoms with Crippen molar-refractivity contribution < 1.29 is 81.9 Å². The lowest BCUT2D eigenvalue weighted by molar-refractivity contribution is -0.265. The zero-order valence-electron chi connectivity index (χ0n) is 48.1. The highest BCUT2D eigenvalue weighted by Crippen LogP contribution is 2.37. The number of nitrogens with one attached hydrogen (secondary N) is 1. The van der Waals surface area contributed by atoms with Gasteiger partial charge in [-0.1, -0.05) is 64.2 Å². The highest BCUT2D eigenvalue weighted by Gasteiger charge is 2.53. The second-order valence-corrected chi connectivity index (χ2v) is 22.0. The Kier molecular flexibility index (Phi) is 28.8. The fourth-order valence-corrected chi connectivity index (χ4v) is 11.0. The molecule has 0 radical (unpaired) electrons. The number of alkyl carbamates (subject to hydrolysis) is 1. The molecule has 20 heteroatoms. The minimum atomic E-state index is -2.47. The van der Waals surface area contributed by atoms with Crippen LogP contribution in [0.2, 0.25) is 0 Å². The second kappa shape index (κ2) is 33.7. The third kappa shape index (κ3) is 20.0. The smallest absolute Gasteiger partial charge is 0.407 e. The molecule has 4 aliphatic rings. The zero-order valence-corrected chi connectivity index (χ0v) is 48.1. The Hall–Kier alpha value is -3.93. The van der Waals surface area contributed by atoms with Gasteiger partial charge in [0.15, 0.2) is 5.78 Å². The number of esters is 1. The van der Waals surface area contributed by atoms with Crippen LogP contribution >= 0.6 is 0 Å². The lowest BCUT2D eigenvalue weighted by Crippen LogP contribution is -2.61. The average Bonchev–Trinajstić information content (AvgIpc) is 3.42. The summed E-state index contributed by atoms with van der Waals surface area (Å²) in [5.74, 6) is -7.73. The van der Waals surface area contributed by atoms with Crippen LogP contribution in [-0.4, -0.2) is 191 Å². The molecule has 0 aromatic carbocycles. The predicted molar refractivity (Wildman–Crippen MR) is 291 cm³/mol. The summed E-state index contributed by atoms with van der Waals surface area (Å²) in [5.41, 5.74) is 8.27. The average molecular weight is 1110 g/mol. The molecule has 0 unspecified atom stereocenters. The van der Waals surface area contributed by atoms with Crippen molar-refractivity contribution in [3.05, 3.63) is 47.6 Å². The summed E-state index contributed by atoms with van der Waals surface area (Å²) in [6.07, 6.45) is 8.21. The van der Waals surface area contributed by atoms with Crippen LogP contribution in [0.1, 0.15) is 119 Å². The van der Waals surface area contributed by atoms with Crippen molar-refractivity contribution in [2.75, 3.05) is 74.6 Å². The number of fused-ring (bicyclic) bond motifs is 3. The van der Waals surface area contributed by atoms with E-state index in [1.54, 1.807) is 41.1 Å². The molecule has 2 amide bonds. The maximum atomic E-state index is 14.6. The van der Waals surface area contributed by atoms with E-state index in [9.17, 15) is 39.3 Å². The summed E-state index contributed by atoms with van der Waals surface area (Å²) in [7, 11) is 6.08. The first-order chi connectivity index (χ1) is 37.2. The Bertz CT molecular complexity index is 2020. The quantitative estimate of drug-likeness (QED) is 0.0584. The lowest BCUT2D eigenvalue weighted by atomic mass is 9.80. The van der Waals surface area contributed by atoms with Gasteiger partial charge in [0.25, 0.3) is 11.7 Å². The van der Waals surface area contributed by atoms with Crippen molar-refractivity contribution in [2.24, 2.45) is 35.3 Å². The Morgan fingerprint density at radius 3 is 2.23 bits per heavy atom. The van der Waals surface area contributed by atoms with Gasteiger partial charge in [-0.2, -0.15) is 0 Å². The summed E-state index contributed by atoms with van der Waals surface area (Å²) in [6, 6.07) is -2.07. The molecule has 0 aromatic rings. The van der Waals surface area contributed by atoms with Gasteiger partial charge >= 0.3 is 12.1 Å². The van der Waals surface area contributed by atoms with Gasteiger partial charge < -0.3 is 73.9 Å². The number of allylic oxidation sites excluding steroid dienone is 5. The first-order valence-electron chi connectivity index (χ1n) is 28.2. The van der Waals surface area contributed by atoms with E-state index in [2.05, 4.69) is 5.32 Å². The number of aliphatic hydroxyl groups is 3. The number of hydrogen-bond acceptors (Lipinski definition) is 18. The first kappa shape index (κ1) is 66.6. The van der Waals surface area contributed by atoms with Crippen molar-refractivity contribution in [2.45, 2.75) is 185 Å². The summed E-state index contributed by atoms with van der Waals surface area (Å²) in [6.45, 7) is 13.0. The minimum absolute atomic E-state index is 0.000117. The normalized spacial score (nSPS) is 36.5. The summed E-state index contributed by atoms with van der Waals surface area (Å²) >= 11 is 0. The molecule has 1 saturated carbocycles. The van der Waals surface area contributed by atoms with Crippen molar-refractivity contribution in [3.63, 3.8) is 0 Å². The Labute approximate surface area is 463 Å². The monoisotopic (exact) mass is 1110 g/mol. The number of cyclic esters (lactones) is 1. The number of Topliss-reactive ketones (excluding diaryl/α,β-unsaturated/α-hetero) is 2. The van der Waals surface area contributed by atoms with E-state index in [1.807, 2.05) is 51.2 Å². The second-order valence-electron chi connectivity index (χ2n) is 22.0. The number of ether oxygens (including phenoxy) is 9. The minimum Gasteiger partial charge on any atom is -0.459 e. The number of carbonyl (C=O) groups is 5.